The molecule has 0 fully saturated rings. The molecule has 0 bridgehead atoms. The number of aryl methyl sites for hydroxylation is 1. The van der Waals surface area contributed by atoms with Crippen LogP contribution in [0.5, 0.6) is 0 Å². The number of halogens is 2. The number of hydrogen-bond donors (Lipinski definition) is 2. The van der Waals surface area contributed by atoms with Crippen molar-refractivity contribution in [2.24, 2.45) is 0 Å². The molecule has 2 heterocycles. The topological polar surface area (TPSA) is 92.7 Å². The van der Waals surface area contributed by atoms with E-state index in [4.69, 9.17) is 23.2 Å². The van der Waals surface area contributed by atoms with Crippen LogP contribution in [0.1, 0.15) is 23.4 Å². The molecule has 1 amide bonds. The number of carbonyl (C=O) groups excluding carboxylic acids is 1. The molecule has 0 unspecified atom stereocenters. The van der Waals surface area contributed by atoms with Crippen LogP contribution in [-0.4, -0.2) is 25.7 Å². The first kappa shape index (κ1) is 17.2. The van der Waals surface area contributed by atoms with E-state index in [-0.39, 0.29) is 16.9 Å². The van der Waals surface area contributed by atoms with E-state index in [9.17, 15) is 9.59 Å². The predicted molar refractivity (Wildman–Crippen MR) is 95.8 cm³/mol. The highest BCUT2D eigenvalue weighted by atomic mass is 35.5. The first-order valence-electron chi connectivity index (χ1n) is 7.40. The van der Waals surface area contributed by atoms with Crippen molar-refractivity contribution in [2.45, 2.75) is 13.3 Å². The lowest BCUT2D eigenvalue weighted by Gasteiger charge is -2.08. The van der Waals surface area contributed by atoms with Gasteiger partial charge in [0.05, 0.1) is 10.0 Å². The number of aromatic amines is 1. The monoisotopic (exact) mass is 377 g/mol. The van der Waals surface area contributed by atoms with Gasteiger partial charge < -0.3 is 10.3 Å². The molecule has 3 rings (SSSR count). The molecule has 0 spiro atoms. The predicted octanol–water partition coefficient (Wildman–Crippen LogP) is 3.08. The normalized spacial score (nSPS) is 10.7. The average Bonchev–Trinajstić information content (AvgIpc) is 3.01. The Labute approximate surface area is 152 Å². The molecule has 9 heteroatoms. The number of rotatable bonds is 4. The van der Waals surface area contributed by atoms with E-state index in [0.29, 0.717) is 28.0 Å². The summed E-state index contributed by atoms with van der Waals surface area (Å²) in [4.78, 5) is 31.0. The number of carbonyl (C=O) groups is 1. The fourth-order valence-electron chi connectivity index (χ4n) is 2.23. The zero-order chi connectivity index (χ0) is 18.0. The number of H-pyrrole nitrogens is 1. The number of nitrogens with one attached hydrogen (secondary N) is 2. The van der Waals surface area contributed by atoms with Gasteiger partial charge in [-0.25, -0.2) is 9.67 Å². The molecule has 0 saturated carbocycles. The van der Waals surface area contributed by atoms with Crippen LogP contribution in [-0.2, 0) is 6.42 Å². The van der Waals surface area contributed by atoms with E-state index in [2.05, 4.69) is 20.4 Å². The highest BCUT2D eigenvalue weighted by Gasteiger charge is 2.20. The van der Waals surface area contributed by atoms with Crippen molar-refractivity contribution in [3.05, 3.63) is 68.6 Å². The maximum absolute atomic E-state index is 12.4. The highest BCUT2D eigenvalue weighted by Crippen LogP contribution is 2.28. The lowest BCUT2D eigenvalue weighted by Crippen LogP contribution is -2.19. The fourth-order valence-corrected chi connectivity index (χ4v) is 2.79. The van der Waals surface area contributed by atoms with Crippen molar-refractivity contribution in [1.82, 2.24) is 19.7 Å². The van der Waals surface area contributed by atoms with Gasteiger partial charge in [-0.2, -0.15) is 0 Å². The van der Waals surface area contributed by atoms with Gasteiger partial charge in [-0.1, -0.05) is 36.2 Å². The quantitative estimate of drug-likeness (QED) is 0.730. The number of benzene rings is 1. The van der Waals surface area contributed by atoms with Gasteiger partial charge in [0.1, 0.15) is 17.2 Å². The third-order valence-corrected chi connectivity index (χ3v) is 4.03. The lowest BCUT2D eigenvalue weighted by atomic mass is 10.3. The molecule has 128 valence electrons. The third-order valence-electron chi connectivity index (χ3n) is 3.42. The molecule has 0 aliphatic carbocycles. The van der Waals surface area contributed by atoms with Crippen LogP contribution in [0, 0.1) is 0 Å². The van der Waals surface area contributed by atoms with Crippen molar-refractivity contribution in [3.8, 4) is 5.69 Å². The van der Waals surface area contributed by atoms with Crippen LogP contribution in [0.4, 0.5) is 5.69 Å². The summed E-state index contributed by atoms with van der Waals surface area (Å²) in [6.07, 6.45) is 3.37. The second-order valence-corrected chi connectivity index (χ2v) is 5.88. The number of aromatic nitrogens is 4. The van der Waals surface area contributed by atoms with Gasteiger partial charge in [-0.3, -0.25) is 9.59 Å². The Bertz CT molecular complexity index is 976. The van der Waals surface area contributed by atoms with Crippen molar-refractivity contribution in [2.75, 3.05) is 5.32 Å². The number of hydrogen-bond acceptors (Lipinski definition) is 4. The summed E-state index contributed by atoms with van der Waals surface area (Å²) in [5.74, 6) is -0.175. The number of pyridine rings is 1. The maximum atomic E-state index is 12.4. The molecule has 0 radical (unpaired) electrons. The first-order valence-corrected chi connectivity index (χ1v) is 8.15. The van der Waals surface area contributed by atoms with Crippen LogP contribution in [0.3, 0.4) is 0 Å². The summed E-state index contributed by atoms with van der Waals surface area (Å²) >= 11 is 12.4. The second-order valence-electron chi connectivity index (χ2n) is 5.06. The van der Waals surface area contributed by atoms with E-state index in [1.54, 1.807) is 18.2 Å². The van der Waals surface area contributed by atoms with Crippen LogP contribution >= 0.6 is 23.2 Å². The molecule has 0 aliphatic heterocycles. The van der Waals surface area contributed by atoms with Gasteiger partial charge in [-0.15, -0.1) is 5.10 Å². The Balaban J connectivity index is 2.00. The molecule has 3 aromatic rings. The molecular weight excluding hydrogens is 365 g/mol. The van der Waals surface area contributed by atoms with Gasteiger partial charge >= 0.3 is 0 Å². The Morgan fingerprint density at radius 3 is 2.64 bits per heavy atom. The number of amides is 1. The van der Waals surface area contributed by atoms with Gasteiger partial charge in [0.15, 0.2) is 0 Å². The van der Waals surface area contributed by atoms with Crippen molar-refractivity contribution >= 4 is 34.8 Å². The van der Waals surface area contributed by atoms with E-state index >= 15 is 0 Å². The standard InChI is InChI=1S/C16H13Cl2N5O2/c1-2-13-21-15(16(25)20-11-8-19-7-6-12(11)24)22-23(13)14-9(17)4-3-5-10(14)18/h3-8H,2H2,1H3,(H,19,24)(H,20,25). The minimum Gasteiger partial charge on any atom is -0.366 e. The maximum Gasteiger partial charge on any atom is 0.295 e. The SMILES string of the molecule is CCc1nc(C(=O)Nc2c[nH]ccc2=O)nn1-c1c(Cl)cccc1Cl. The molecule has 2 N–H and O–H groups in total. The summed E-state index contributed by atoms with van der Waals surface area (Å²) in [5.41, 5.74) is 0.237. The second kappa shape index (κ2) is 7.08. The summed E-state index contributed by atoms with van der Waals surface area (Å²) in [7, 11) is 0. The van der Waals surface area contributed by atoms with Gasteiger partial charge in [0, 0.05) is 24.9 Å². The number of nitrogens with zero attached hydrogens (tertiary/aromatic N) is 3. The van der Waals surface area contributed by atoms with Crippen LogP contribution in [0.2, 0.25) is 10.0 Å². The molecule has 2 aromatic heterocycles. The Morgan fingerprint density at radius 1 is 1.28 bits per heavy atom. The number of para-hydroxylation sites is 1. The Hall–Kier alpha value is -2.64. The van der Waals surface area contributed by atoms with Crippen LogP contribution in [0.15, 0.2) is 41.5 Å². The smallest absolute Gasteiger partial charge is 0.295 e. The van der Waals surface area contributed by atoms with E-state index in [1.807, 2.05) is 6.92 Å². The Kier molecular flexibility index (Phi) is 4.87. The molecule has 0 saturated heterocycles. The minimum atomic E-state index is -0.603. The van der Waals surface area contributed by atoms with Crippen LogP contribution < -0.4 is 10.7 Å². The molecule has 0 aliphatic rings. The van der Waals surface area contributed by atoms with Gasteiger partial charge in [-0.05, 0) is 12.1 Å². The van der Waals surface area contributed by atoms with Gasteiger partial charge in [0.2, 0.25) is 11.3 Å². The largest absolute Gasteiger partial charge is 0.366 e. The zero-order valence-corrected chi connectivity index (χ0v) is 14.6. The number of anilines is 1. The molecule has 7 nitrogen and oxygen atoms in total. The molecule has 1 aromatic carbocycles. The van der Waals surface area contributed by atoms with Gasteiger partial charge in [0.25, 0.3) is 5.91 Å². The summed E-state index contributed by atoms with van der Waals surface area (Å²) < 4.78 is 1.44. The van der Waals surface area contributed by atoms with E-state index in [0.717, 1.165) is 0 Å². The summed E-state index contributed by atoms with van der Waals surface area (Å²) in [5, 5.41) is 7.47. The molecule has 0 atom stereocenters. The zero-order valence-electron chi connectivity index (χ0n) is 13.1. The lowest BCUT2D eigenvalue weighted by molar-refractivity contribution is 0.101. The summed E-state index contributed by atoms with van der Waals surface area (Å²) in [6.45, 7) is 1.87. The Morgan fingerprint density at radius 2 is 2.00 bits per heavy atom. The van der Waals surface area contributed by atoms with E-state index in [1.165, 1.54) is 23.1 Å². The average molecular weight is 378 g/mol. The summed E-state index contributed by atoms with van der Waals surface area (Å²) in [6, 6.07) is 6.37. The molecular formula is C16H13Cl2N5O2. The highest BCUT2D eigenvalue weighted by molar-refractivity contribution is 6.37. The van der Waals surface area contributed by atoms with Crippen molar-refractivity contribution < 1.29 is 4.79 Å². The molecule has 25 heavy (non-hydrogen) atoms. The third kappa shape index (κ3) is 3.42. The van der Waals surface area contributed by atoms with Crippen molar-refractivity contribution in [1.29, 1.82) is 0 Å². The fraction of sp³-hybridized carbons (Fsp3) is 0.125. The first-order chi connectivity index (χ1) is 12.0. The van der Waals surface area contributed by atoms with Crippen molar-refractivity contribution in [3.63, 3.8) is 0 Å². The van der Waals surface area contributed by atoms with E-state index < -0.39 is 5.91 Å². The minimum absolute atomic E-state index is 0.0870. The van der Waals surface area contributed by atoms with Crippen LogP contribution in [0.25, 0.3) is 5.69 Å².